The highest BCUT2D eigenvalue weighted by atomic mass is 16.6. The van der Waals surface area contributed by atoms with E-state index in [0.717, 1.165) is 13.2 Å². The van der Waals surface area contributed by atoms with Crippen LogP contribution in [0.15, 0.2) is 0 Å². The molecule has 1 aliphatic carbocycles. The van der Waals surface area contributed by atoms with Crippen LogP contribution < -0.4 is 0 Å². The van der Waals surface area contributed by atoms with E-state index in [1.165, 1.54) is 12.8 Å². The quantitative estimate of drug-likeness (QED) is 0.506. The zero-order valence-electron chi connectivity index (χ0n) is 6.38. The molecule has 2 heteroatoms. The monoisotopic (exact) mass is 142 g/mol. The Morgan fingerprint density at radius 3 is 2.70 bits per heavy atom. The van der Waals surface area contributed by atoms with E-state index in [1.54, 1.807) is 0 Å². The highest BCUT2D eigenvalue weighted by Gasteiger charge is 2.36. The van der Waals surface area contributed by atoms with E-state index in [-0.39, 0.29) is 0 Å². The van der Waals surface area contributed by atoms with E-state index in [9.17, 15) is 0 Å². The van der Waals surface area contributed by atoms with E-state index < -0.39 is 0 Å². The third-order valence-electron chi connectivity index (χ3n) is 2.56. The summed E-state index contributed by atoms with van der Waals surface area (Å²) in [5.41, 5.74) is 0. The molecule has 0 N–H and O–H groups in total. The first-order valence-corrected chi connectivity index (χ1v) is 4.11. The first kappa shape index (κ1) is 6.62. The Bertz CT molecular complexity index is 122. The number of ether oxygens (including phenoxy) is 2. The number of rotatable bonds is 0. The number of hydrogen-bond donors (Lipinski definition) is 0. The van der Waals surface area contributed by atoms with Crippen molar-refractivity contribution in [2.45, 2.75) is 32.0 Å². The van der Waals surface area contributed by atoms with Gasteiger partial charge in [-0.3, -0.25) is 0 Å². The van der Waals surface area contributed by atoms with E-state index in [1.807, 2.05) is 0 Å². The van der Waals surface area contributed by atoms with Crippen LogP contribution >= 0.6 is 0 Å². The summed E-state index contributed by atoms with van der Waals surface area (Å²) in [5.74, 6) is 0.713. The van der Waals surface area contributed by atoms with Gasteiger partial charge in [-0.25, -0.2) is 0 Å². The molecule has 58 valence electrons. The summed E-state index contributed by atoms with van der Waals surface area (Å²) in [4.78, 5) is 0. The van der Waals surface area contributed by atoms with Crippen molar-refractivity contribution >= 4 is 0 Å². The SMILES string of the molecule is C[C@@H]1CC[C@@H]2OCCO[C@H]12. The highest BCUT2D eigenvalue weighted by molar-refractivity contribution is 4.86. The van der Waals surface area contributed by atoms with Gasteiger partial charge in [-0.15, -0.1) is 0 Å². The van der Waals surface area contributed by atoms with E-state index in [4.69, 9.17) is 9.47 Å². The lowest BCUT2D eigenvalue weighted by Gasteiger charge is -2.28. The molecular formula is C8H14O2. The highest BCUT2D eigenvalue weighted by Crippen LogP contribution is 2.32. The first-order chi connectivity index (χ1) is 4.88. The maximum Gasteiger partial charge on any atom is 0.0863 e. The molecule has 1 aliphatic heterocycles. The fourth-order valence-corrected chi connectivity index (χ4v) is 1.96. The van der Waals surface area contributed by atoms with Gasteiger partial charge in [0.25, 0.3) is 0 Å². The lowest BCUT2D eigenvalue weighted by molar-refractivity contribution is -0.135. The summed E-state index contributed by atoms with van der Waals surface area (Å²) in [6.07, 6.45) is 3.30. The smallest absolute Gasteiger partial charge is 0.0863 e. The van der Waals surface area contributed by atoms with Gasteiger partial charge in [-0.1, -0.05) is 6.92 Å². The first-order valence-electron chi connectivity index (χ1n) is 4.11. The minimum atomic E-state index is 0.411. The molecule has 1 heterocycles. The number of hydrogen-bond acceptors (Lipinski definition) is 2. The van der Waals surface area contributed by atoms with E-state index in [0.29, 0.717) is 18.1 Å². The van der Waals surface area contributed by atoms with Crippen LogP contribution in [-0.4, -0.2) is 25.4 Å². The average Bonchev–Trinajstić information content (AvgIpc) is 2.34. The zero-order chi connectivity index (χ0) is 6.97. The van der Waals surface area contributed by atoms with Gasteiger partial charge in [0.2, 0.25) is 0 Å². The molecule has 0 radical (unpaired) electrons. The molecule has 2 rings (SSSR count). The third kappa shape index (κ3) is 0.956. The molecule has 2 aliphatic rings. The lowest BCUT2D eigenvalue weighted by Crippen LogP contribution is -2.36. The molecule has 0 aromatic carbocycles. The summed E-state index contributed by atoms with van der Waals surface area (Å²) >= 11 is 0. The van der Waals surface area contributed by atoms with Crippen LogP contribution in [0.2, 0.25) is 0 Å². The molecule has 1 saturated carbocycles. The maximum absolute atomic E-state index is 5.59. The second-order valence-electron chi connectivity index (χ2n) is 3.30. The Kier molecular flexibility index (Phi) is 1.66. The minimum absolute atomic E-state index is 0.411. The minimum Gasteiger partial charge on any atom is -0.373 e. The second kappa shape index (κ2) is 2.51. The normalized spacial score (nSPS) is 47.1. The van der Waals surface area contributed by atoms with E-state index in [2.05, 4.69) is 6.92 Å². The molecule has 0 amide bonds. The van der Waals surface area contributed by atoms with Crippen LogP contribution in [0.25, 0.3) is 0 Å². The van der Waals surface area contributed by atoms with Crippen LogP contribution in [0.1, 0.15) is 19.8 Å². The predicted molar refractivity (Wildman–Crippen MR) is 37.9 cm³/mol. The van der Waals surface area contributed by atoms with Gasteiger partial charge in [0.05, 0.1) is 25.4 Å². The van der Waals surface area contributed by atoms with Gasteiger partial charge in [-0.05, 0) is 18.8 Å². The van der Waals surface area contributed by atoms with Crippen molar-refractivity contribution < 1.29 is 9.47 Å². The summed E-state index contributed by atoms with van der Waals surface area (Å²) < 4.78 is 11.1. The molecule has 2 nitrogen and oxygen atoms in total. The molecule has 1 saturated heterocycles. The fourth-order valence-electron chi connectivity index (χ4n) is 1.96. The summed E-state index contributed by atoms with van der Waals surface area (Å²) in [6.45, 7) is 3.85. The van der Waals surface area contributed by atoms with Crippen LogP contribution in [0.4, 0.5) is 0 Å². The molecule has 0 spiro atoms. The Morgan fingerprint density at radius 2 is 1.90 bits per heavy atom. The van der Waals surface area contributed by atoms with Crippen molar-refractivity contribution in [3.63, 3.8) is 0 Å². The van der Waals surface area contributed by atoms with Crippen LogP contribution in [-0.2, 0) is 9.47 Å². The Labute approximate surface area is 61.5 Å². The zero-order valence-corrected chi connectivity index (χ0v) is 6.38. The van der Waals surface area contributed by atoms with Crippen molar-refractivity contribution in [1.29, 1.82) is 0 Å². The average molecular weight is 142 g/mol. The summed E-state index contributed by atoms with van der Waals surface area (Å²) in [5, 5.41) is 0. The van der Waals surface area contributed by atoms with Gasteiger partial charge in [-0.2, -0.15) is 0 Å². The summed E-state index contributed by atoms with van der Waals surface area (Å²) in [6, 6.07) is 0. The third-order valence-corrected chi connectivity index (χ3v) is 2.56. The van der Waals surface area contributed by atoms with Gasteiger partial charge in [0, 0.05) is 0 Å². The standard InChI is InChI=1S/C8H14O2/c1-6-2-3-7-8(6)10-5-4-9-7/h6-8H,2-5H2,1H3/t6-,7+,8-/m1/s1. The Balaban J connectivity index is 2.01. The molecular weight excluding hydrogens is 128 g/mol. The molecule has 2 fully saturated rings. The largest absolute Gasteiger partial charge is 0.373 e. The summed E-state index contributed by atoms with van der Waals surface area (Å²) in [7, 11) is 0. The number of fused-ring (bicyclic) bond motifs is 1. The second-order valence-corrected chi connectivity index (χ2v) is 3.30. The van der Waals surface area contributed by atoms with Crippen LogP contribution in [0.5, 0.6) is 0 Å². The maximum atomic E-state index is 5.59. The molecule has 0 unspecified atom stereocenters. The Hall–Kier alpha value is -0.0800. The van der Waals surface area contributed by atoms with Crippen molar-refractivity contribution in [1.82, 2.24) is 0 Å². The molecule has 10 heavy (non-hydrogen) atoms. The topological polar surface area (TPSA) is 18.5 Å². The fraction of sp³-hybridized carbons (Fsp3) is 1.00. The molecule has 0 bridgehead atoms. The van der Waals surface area contributed by atoms with Gasteiger partial charge in [0.1, 0.15) is 0 Å². The molecule has 3 atom stereocenters. The van der Waals surface area contributed by atoms with Crippen LogP contribution in [0.3, 0.4) is 0 Å². The van der Waals surface area contributed by atoms with Crippen molar-refractivity contribution in [3.8, 4) is 0 Å². The van der Waals surface area contributed by atoms with Crippen molar-refractivity contribution in [3.05, 3.63) is 0 Å². The van der Waals surface area contributed by atoms with Crippen LogP contribution in [0, 0.1) is 5.92 Å². The van der Waals surface area contributed by atoms with Crippen molar-refractivity contribution in [2.75, 3.05) is 13.2 Å². The van der Waals surface area contributed by atoms with Crippen molar-refractivity contribution in [2.24, 2.45) is 5.92 Å². The van der Waals surface area contributed by atoms with Gasteiger partial charge < -0.3 is 9.47 Å². The molecule has 0 aromatic rings. The Morgan fingerprint density at radius 1 is 1.10 bits per heavy atom. The van der Waals surface area contributed by atoms with Gasteiger partial charge in [0.15, 0.2) is 0 Å². The van der Waals surface area contributed by atoms with E-state index >= 15 is 0 Å². The lowest BCUT2D eigenvalue weighted by atomic mass is 10.1. The predicted octanol–water partition coefficient (Wildman–Crippen LogP) is 1.20. The van der Waals surface area contributed by atoms with Gasteiger partial charge >= 0.3 is 0 Å². The molecule has 0 aromatic heterocycles.